The van der Waals surface area contributed by atoms with Crippen molar-refractivity contribution in [3.63, 3.8) is 0 Å². The molecule has 4 nitrogen and oxygen atoms in total. The van der Waals surface area contributed by atoms with Crippen molar-refractivity contribution < 1.29 is 12.6 Å². The van der Waals surface area contributed by atoms with Crippen molar-refractivity contribution in [3.05, 3.63) is 29.8 Å². The Balaban J connectivity index is 1.80. The average Bonchev–Trinajstić information content (AvgIpc) is 2.40. The maximum absolute atomic E-state index is 12.5. The third-order valence-corrected chi connectivity index (χ3v) is 6.04. The molecule has 21 heavy (non-hydrogen) atoms. The van der Waals surface area contributed by atoms with E-state index in [0.717, 1.165) is 31.5 Å². The molecule has 1 aliphatic heterocycles. The van der Waals surface area contributed by atoms with Gasteiger partial charge in [-0.1, -0.05) is 24.1 Å². The topological polar surface area (TPSA) is 46.6 Å². The van der Waals surface area contributed by atoms with Crippen LogP contribution in [0.4, 0.5) is 0 Å². The largest absolute Gasteiger partial charge is 0.306 e. The average molecular weight is 309 g/mol. The Kier molecular flexibility index (Phi) is 4.08. The van der Waals surface area contributed by atoms with Crippen LogP contribution in [0, 0.1) is 18.8 Å². The fourth-order valence-electron chi connectivity index (χ4n) is 3.69. The Morgan fingerprint density at radius 1 is 1.10 bits per heavy atom. The highest BCUT2D eigenvalue weighted by Crippen LogP contribution is 2.37. The molecule has 1 saturated heterocycles. The number of hydrogen-bond donors (Lipinski definition) is 0. The van der Waals surface area contributed by atoms with Crippen LogP contribution in [0.2, 0.25) is 0 Å². The smallest absolute Gasteiger partial charge is 0.297 e. The third-order valence-electron chi connectivity index (χ3n) is 4.72. The van der Waals surface area contributed by atoms with Gasteiger partial charge in [0.25, 0.3) is 10.1 Å². The van der Waals surface area contributed by atoms with Gasteiger partial charge in [-0.3, -0.25) is 4.18 Å². The van der Waals surface area contributed by atoms with Crippen molar-refractivity contribution in [2.24, 2.45) is 11.8 Å². The lowest BCUT2D eigenvalue weighted by atomic mass is 9.75. The van der Waals surface area contributed by atoms with Crippen molar-refractivity contribution in [2.75, 3.05) is 20.1 Å². The van der Waals surface area contributed by atoms with E-state index in [2.05, 4.69) is 11.9 Å². The van der Waals surface area contributed by atoms with E-state index in [-0.39, 0.29) is 11.0 Å². The first-order valence-electron chi connectivity index (χ1n) is 7.64. The summed E-state index contributed by atoms with van der Waals surface area (Å²) in [6.45, 7) is 3.81. The van der Waals surface area contributed by atoms with Crippen LogP contribution in [0.15, 0.2) is 29.2 Å². The molecule has 0 N–H and O–H groups in total. The highest BCUT2D eigenvalue weighted by molar-refractivity contribution is 7.86. The number of likely N-dealkylation sites (tertiary alicyclic amines) is 1. The Labute approximate surface area is 127 Å². The molecule has 5 heteroatoms. The zero-order chi connectivity index (χ0) is 15.0. The zero-order valence-electron chi connectivity index (χ0n) is 12.7. The number of fused-ring (bicyclic) bond motifs is 2. The van der Waals surface area contributed by atoms with Gasteiger partial charge in [-0.05, 0) is 50.8 Å². The minimum Gasteiger partial charge on any atom is -0.306 e. The zero-order valence-corrected chi connectivity index (χ0v) is 13.5. The van der Waals surface area contributed by atoms with Crippen molar-refractivity contribution >= 4 is 10.1 Å². The van der Waals surface area contributed by atoms with Gasteiger partial charge < -0.3 is 4.90 Å². The maximum atomic E-state index is 12.5. The molecule has 2 aliphatic rings. The van der Waals surface area contributed by atoms with Crippen LogP contribution < -0.4 is 0 Å². The van der Waals surface area contributed by atoms with Crippen molar-refractivity contribution in [3.8, 4) is 0 Å². The second kappa shape index (κ2) is 5.71. The van der Waals surface area contributed by atoms with Gasteiger partial charge in [0, 0.05) is 13.1 Å². The van der Waals surface area contributed by atoms with Crippen LogP contribution in [-0.2, 0) is 14.3 Å². The molecule has 1 heterocycles. The van der Waals surface area contributed by atoms with E-state index in [0.29, 0.717) is 11.8 Å². The molecule has 0 radical (unpaired) electrons. The first-order chi connectivity index (χ1) is 9.95. The van der Waals surface area contributed by atoms with E-state index in [1.807, 2.05) is 19.1 Å². The Morgan fingerprint density at radius 2 is 1.67 bits per heavy atom. The molecule has 0 aromatic heterocycles. The fourth-order valence-corrected chi connectivity index (χ4v) is 4.87. The molecule has 2 bridgehead atoms. The molecule has 116 valence electrons. The number of nitrogens with zero attached hydrogens (tertiary/aromatic N) is 1. The standard InChI is InChI=1S/C16H23NO3S/c1-12-6-8-15(9-7-12)21(18,19)20-16-13-4-3-5-14(16)11-17(2)10-13/h6-9,13-14,16H,3-5,10-11H2,1-2H3/t13-,14+,16?. The fraction of sp³-hybridized carbons (Fsp3) is 0.625. The normalized spacial score (nSPS) is 30.3. The molecule has 1 aromatic rings. The minimum absolute atomic E-state index is 0.152. The lowest BCUT2D eigenvalue weighted by Crippen LogP contribution is -2.51. The van der Waals surface area contributed by atoms with Gasteiger partial charge in [0.1, 0.15) is 0 Å². The first kappa shape index (κ1) is 15.0. The van der Waals surface area contributed by atoms with Gasteiger partial charge in [-0.15, -0.1) is 0 Å². The van der Waals surface area contributed by atoms with Crippen LogP contribution in [0.1, 0.15) is 24.8 Å². The summed E-state index contributed by atoms with van der Waals surface area (Å²) in [5.41, 5.74) is 1.05. The number of piperidine rings is 1. The molecule has 3 rings (SSSR count). The molecule has 1 aliphatic carbocycles. The Hall–Kier alpha value is -0.910. The molecule has 1 unspecified atom stereocenters. The second-order valence-electron chi connectivity index (χ2n) is 6.50. The summed E-state index contributed by atoms with van der Waals surface area (Å²) in [7, 11) is -1.55. The van der Waals surface area contributed by atoms with Gasteiger partial charge in [0.2, 0.25) is 0 Å². The van der Waals surface area contributed by atoms with E-state index in [4.69, 9.17) is 4.18 Å². The number of hydrogen-bond acceptors (Lipinski definition) is 4. The molecule has 1 saturated carbocycles. The van der Waals surface area contributed by atoms with Crippen LogP contribution >= 0.6 is 0 Å². The van der Waals surface area contributed by atoms with Crippen LogP contribution in [0.5, 0.6) is 0 Å². The number of rotatable bonds is 3. The molecule has 1 aromatic carbocycles. The third kappa shape index (κ3) is 3.15. The van der Waals surface area contributed by atoms with E-state index in [9.17, 15) is 8.42 Å². The summed E-state index contributed by atoms with van der Waals surface area (Å²) >= 11 is 0. The van der Waals surface area contributed by atoms with E-state index in [1.54, 1.807) is 12.1 Å². The molecule has 0 amide bonds. The summed E-state index contributed by atoms with van der Waals surface area (Å²) in [6, 6.07) is 6.89. The van der Waals surface area contributed by atoms with Gasteiger partial charge in [-0.2, -0.15) is 8.42 Å². The summed E-state index contributed by atoms with van der Waals surface area (Å²) in [5, 5.41) is 0. The van der Waals surface area contributed by atoms with Crippen molar-refractivity contribution in [1.29, 1.82) is 0 Å². The van der Waals surface area contributed by atoms with Gasteiger partial charge in [-0.25, -0.2) is 0 Å². The highest BCUT2D eigenvalue weighted by atomic mass is 32.2. The highest BCUT2D eigenvalue weighted by Gasteiger charge is 2.41. The van der Waals surface area contributed by atoms with E-state index in [1.165, 1.54) is 6.42 Å². The monoisotopic (exact) mass is 309 g/mol. The van der Waals surface area contributed by atoms with Crippen molar-refractivity contribution in [1.82, 2.24) is 4.90 Å². The number of benzene rings is 1. The summed E-state index contributed by atoms with van der Waals surface area (Å²) in [5.74, 6) is 0.672. The van der Waals surface area contributed by atoms with E-state index >= 15 is 0 Å². The van der Waals surface area contributed by atoms with Gasteiger partial charge in [0.15, 0.2) is 0 Å². The second-order valence-corrected chi connectivity index (χ2v) is 8.07. The van der Waals surface area contributed by atoms with Gasteiger partial charge in [0.05, 0.1) is 11.0 Å². The lowest BCUT2D eigenvalue weighted by molar-refractivity contribution is -0.0223. The van der Waals surface area contributed by atoms with Crippen LogP contribution in [-0.4, -0.2) is 39.6 Å². The SMILES string of the molecule is Cc1ccc(S(=O)(=O)OC2[C@@H]3CCC[C@H]2CN(C)C3)cc1. The van der Waals surface area contributed by atoms with E-state index < -0.39 is 10.1 Å². The van der Waals surface area contributed by atoms with Gasteiger partial charge >= 0.3 is 0 Å². The maximum Gasteiger partial charge on any atom is 0.297 e. The molecule has 3 atom stereocenters. The predicted molar refractivity (Wildman–Crippen MR) is 81.6 cm³/mol. The first-order valence-corrected chi connectivity index (χ1v) is 9.05. The summed E-state index contributed by atoms with van der Waals surface area (Å²) in [4.78, 5) is 2.57. The molecule has 2 fully saturated rings. The number of aryl methyl sites for hydroxylation is 1. The summed E-state index contributed by atoms with van der Waals surface area (Å²) in [6.07, 6.45) is 3.17. The lowest BCUT2D eigenvalue weighted by Gasteiger charge is -2.45. The van der Waals surface area contributed by atoms with Crippen LogP contribution in [0.25, 0.3) is 0 Å². The predicted octanol–water partition coefficient (Wildman–Crippen LogP) is 2.43. The van der Waals surface area contributed by atoms with Crippen LogP contribution in [0.3, 0.4) is 0 Å². The minimum atomic E-state index is -3.65. The summed E-state index contributed by atoms with van der Waals surface area (Å²) < 4.78 is 30.6. The Morgan fingerprint density at radius 3 is 2.24 bits per heavy atom. The van der Waals surface area contributed by atoms with Crippen molar-refractivity contribution in [2.45, 2.75) is 37.2 Å². The molecular formula is C16H23NO3S. The molecule has 0 spiro atoms. The quantitative estimate of drug-likeness (QED) is 0.805. The Bertz CT molecular complexity index is 582. The molecular weight excluding hydrogens is 286 g/mol.